The van der Waals surface area contributed by atoms with E-state index in [4.69, 9.17) is 11.6 Å². The molecule has 0 fully saturated rings. The fraction of sp³-hybridized carbons (Fsp3) is 0.136. The normalized spacial score (nSPS) is 11.6. The monoisotopic (exact) mass is 491 g/mol. The van der Waals surface area contributed by atoms with Crippen LogP contribution in [0.25, 0.3) is 16.7 Å². The Morgan fingerprint density at radius 3 is 2.47 bits per heavy atom. The highest BCUT2D eigenvalue weighted by Crippen LogP contribution is 2.28. The number of pyridine rings is 2. The van der Waals surface area contributed by atoms with E-state index >= 15 is 0 Å². The van der Waals surface area contributed by atoms with Gasteiger partial charge in [-0.3, -0.25) is 9.59 Å². The van der Waals surface area contributed by atoms with Gasteiger partial charge in [-0.1, -0.05) is 11.6 Å². The molecule has 0 aliphatic heterocycles. The molecule has 0 saturated carbocycles. The number of anilines is 1. The van der Waals surface area contributed by atoms with E-state index < -0.39 is 34.7 Å². The van der Waals surface area contributed by atoms with Crippen LogP contribution in [0, 0.1) is 19.7 Å². The SMILES string of the molecule is Cc1cc2c(nc1C)c(=O)c(C(=O)Nc1ccc(C(F)(F)F)nc1)nn2-c1ccc(Cl)cc1F. The molecule has 1 N–H and O–H groups in total. The third-order valence-electron chi connectivity index (χ3n) is 4.97. The van der Waals surface area contributed by atoms with Crippen molar-refractivity contribution in [1.82, 2.24) is 19.7 Å². The largest absolute Gasteiger partial charge is 0.433 e. The quantitative estimate of drug-likeness (QED) is 0.414. The minimum atomic E-state index is -4.65. The lowest BCUT2D eigenvalue weighted by atomic mass is 10.1. The van der Waals surface area contributed by atoms with Gasteiger partial charge in [0, 0.05) is 10.7 Å². The van der Waals surface area contributed by atoms with Gasteiger partial charge in [-0.15, -0.1) is 0 Å². The Morgan fingerprint density at radius 1 is 1.12 bits per heavy atom. The number of hydrogen-bond acceptors (Lipinski definition) is 5. The molecule has 0 bridgehead atoms. The van der Waals surface area contributed by atoms with Crippen LogP contribution in [0.2, 0.25) is 5.02 Å². The lowest BCUT2D eigenvalue weighted by Crippen LogP contribution is -2.28. The number of hydrogen-bond donors (Lipinski definition) is 1. The molecule has 4 rings (SSSR count). The first-order valence-corrected chi connectivity index (χ1v) is 10.0. The van der Waals surface area contributed by atoms with Crippen LogP contribution in [-0.4, -0.2) is 25.7 Å². The van der Waals surface area contributed by atoms with Gasteiger partial charge >= 0.3 is 6.18 Å². The maximum atomic E-state index is 14.7. The summed E-state index contributed by atoms with van der Waals surface area (Å²) < 4.78 is 53.9. The number of carbonyl (C=O) groups excluding carboxylic acids is 1. The maximum Gasteiger partial charge on any atom is 0.433 e. The standard InChI is InChI=1S/C22H14ClF4N5O2/c1-10-7-16-18(29-11(10)2)20(33)19(31-32(16)15-5-3-12(23)8-14(15)24)21(34)30-13-4-6-17(28-9-13)22(25,26)27/h3-9H,1-2H3,(H,30,34). The summed E-state index contributed by atoms with van der Waals surface area (Å²) in [6, 6.07) is 7.03. The predicted molar refractivity (Wildman–Crippen MR) is 117 cm³/mol. The van der Waals surface area contributed by atoms with E-state index in [0.717, 1.165) is 23.0 Å². The van der Waals surface area contributed by atoms with Crippen LogP contribution >= 0.6 is 11.6 Å². The van der Waals surface area contributed by atoms with Gasteiger partial charge in [0.2, 0.25) is 5.43 Å². The molecule has 0 atom stereocenters. The summed E-state index contributed by atoms with van der Waals surface area (Å²) in [5, 5.41) is 6.47. The van der Waals surface area contributed by atoms with Crippen LogP contribution in [0.5, 0.6) is 0 Å². The zero-order valence-corrected chi connectivity index (χ0v) is 18.3. The number of nitrogens with one attached hydrogen (secondary N) is 1. The summed E-state index contributed by atoms with van der Waals surface area (Å²) >= 11 is 5.83. The van der Waals surface area contributed by atoms with Crippen molar-refractivity contribution >= 4 is 34.2 Å². The van der Waals surface area contributed by atoms with E-state index in [2.05, 4.69) is 20.4 Å². The number of carbonyl (C=O) groups is 1. The van der Waals surface area contributed by atoms with Gasteiger partial charge in [0.1, 0.15) is 22.7 Å². The highest BCUT2D eigenvalue weighted by atomic mass is 35.5. The maximum absolute atomic E-state index is 14.7. The zero-order chi connectivity index (χ0) is 24.8. The fourth-order valence-electron chi connectivity index (χ4n) is 3.14. The van der Waals surface area contributed by atoms with Crippen LogP contribution in [0.3, 0.4) is 0 Å². The molecule has 3 aromatic heterocycles. The first-order chi connectivity index (χ1) is 16.0. The van der Waals surface area contributed by atoms with E-state index in [1.807, 2.05) is 0 Å². The minimum Gasteiger partial charge on any atom is -0.319 e. The summed E-state index contributed by atoms with van der Waals surface area (Å²) in [5.74, 6) is -1.79. The third kappa shape index (κ3) is 4.34. The molecule has 1 aromatic carbocycles. The molecule has 7 nitrogen and oxygen atoms in total. The van der Waals surface area contributed by atoms with E-state index in [1.54, 1.807) is 19.9 Å². The van der Waals surface area contributed by atoms with Crippen LogP contribution in [0.4, 0.5) is 23.2 Å². The second-order valence-corrected chi connectivity index (χ2v) is 7.76. The molecule has 174 valence electrons. The molecule has 12 heteroatoms. The van der Waals surface area contributed by atoms with E-state index in [0.29, 0.717) is 17.3 Å². The van der Waals surface area contributed by atoms with Crippen LogP contribution in [0.1, 0.15) is 27.4 Å². The molecule has 0 spiro atoms. The number of benzene rings is 1. The van der Waals surface area contributed by atoms with Crippen molar-refractivity contribution in [3.63, 3.8) is 0 Å². The number of alkyl halides is 3. The highest BCUT2D eigenvalue weighted by Gasteiger charge is 2.32. The molecule has 3 heterocycles. The summed E-state index contributed by atoms with van der Waals surface area (Å²) in [7, 11) is 0. The molecule has 0 aliphatic carbocycles. The van der Waals surface area contributed by atoms with Crippen molar-refractivity contribution in [3.05, 3.63) is 86.3 Å². The predicted octanol–water partition coefficient (Wildman–Crippen LogP) is 4.86. The van der Waals surface area contributed by atoms with E-state index in [-0.39, 0.29) is 27.4 Å². The topological polar surface area (TPSA) is 89.8 Å². The van der Waals surface area contributed by atoms with Gasteiger partial charge in [-0.25, -0.2) is 19.0 Å². The smallest absolute Gasteiger partial charge is 0.319 e. The van der Waals surface area contributed by atoms with Gasteiger partial charge < -0.3 is 5.32 Å². The zero-order valence-electron chi connectivity index (χ0n) is 17.5. The van der Waals surface area contributed by atoms with Crippen LogP contribution in [-0.2, 0) is 6.18 Å². The third-order valence-corrected chi connectivity index (χ3v) is 5.20. The molecule has 1 amide bonds. The second-order valence-electron chi connectivity index (χ2n) is 7.33. The average Bonchev–Trinajstić information content (AvgIpc) is 2.76. The van der Waals surface area contributed by atoms with Crippen LogP contribution in [0.15, 0.2) is 47.4 Å². The van der Waals surface area contributed by atoms with E-state index in [9.17, 15) is 27.2 Å². The molecule has 0 radical (unpaired) electrons. The fourth-order valence-corrected chi connectivity index (χ4v) is 3.30. The number of amides is 1. The number of fused-ring (bicyclic) bond motifs is 1. The van der Waals surface area contributed by atoms with E-state index in [1.165, 1.54) is 12.1 Å². The Kier molecular flexibility index (Phi) is 5.82. The van der Waals surface area contributed by atoms with Crippen molar-refractivity contribution < 1.29 is 22.4 Å². The Balaban J connectivity index is 1.86. The summed E-state index contributed by atoms with van der Waals surface area (Å²) in [6.45, 7) is 3.41. The van der Waals surface area contributed by atoms with Crippen molar-refractivity contribution in [2.45, 2.75) is 20.0 Å². The molecule has 0 saturated heterocycles. The average molecular weight is 492 g/mol. The van der Waals surface area contributed by atoms with Crippen molar-refractivity contribution in [2.75, 3.05) is 5.32 Å². The minimum absolute atomic E-state index is 0.0929. The Bertz CT molecular complexity index is 1500. The number of aryl methyl sites for hydroxylation is 2. The van der Waals surface area contributed by atoms with Crippen molar-refractivity contribution in [1.29, 1.82) is 0 Å². The van der Waals surface area contributed by atoms with Gasteiger partial charge in [0.15, 0.2) is 5.69 Å². The van der Waals surface area contributed by atoms with Crippen molar-refractivity contribution in [2.24, 2.45) is 0 Å². The molecule has 0 aliphatic rings. The molecular weight excluding hydrogens is 478 g/mol. The van der Waals surface area contributed by atoms with Crippen LogP contribution < -0.4 is 10.7 Å². The Morgan fingerprint density at radius 2 is 1.85 bits per heavy atom. The second kappa shape index (κ2) is 8.49. The first-order valence-electron chi connectivity index (χ1n) is 9.67. The lowest BCUT2D eigenvalue weighted by molar-refractivity contribution is -0.141. The first kappa shape index (κ1) is 23.3. The van der Waals surface area contributed by atoms with Gasteiger partial charge in [0.25, 0.3) is 5.91 Å². The number of rotatable bonds is 3. The number of nitrogens with zero attached hydrogens (tertiary/aromatic N) is 4. The highest BCUT2D eigenvalue weighted by molar-refractivity contribution is 6.30. The van der Waals surface area contributed by atoms with Gasteiger partial charge in [-0.2, -0.15) is 18.3 Å². The summed E-state index contributed by atoms with van der Waals surface area (Å²) in [5.41, 5.74) is -1.59. The number of halogens is 5. The molecule has 4 aromatic rings. The van der Waals surface area contributed by atoms with Gasteiger partial charge in [-0.05, 0) is 55.8 Å². The Labute approximate surface area is 194 Å². The molecule has 0 unspecified atom stereocenters. The summed E-state index contributed by atoms with van der Waals surface area (Å²) in [4.78, 5) is 33.4. The van der Waals surface area contributed by atoms with Crippen molar-refractivity contribution in [3.8, 4) is 5.69 Å². The molecular formula is C22H14ClF4N5O2. The van der Waals surface area contributed by atoms with Gasteiger partial charge in [0.05, 0.1) is 17.4 Å². The lowest BCUT2D eigenvalue weighted by Gasteiger charge is -2.14. The Hall–Kier alpha value is -3.86. The number of aromatic nitrogens is 4. The molecule has 34 heavy (non-hydrogen) atoms. The summed E-state index contributed by atoms with van der Waals surface area (Å²) in [6.07, 6.45) is -3.86.